The van der Waals surface area contributed by atoms with Crippen molar-refractivity contribution >= 4 is 22.8 Å². The standard InChI is InChI=1S/C11H13N3S/c1-8-2-3-10(15-8)7-14-9-4-5-13-11(12)6-9/h2-6H,7H2,1H3,(H3,12,13,14). The number of rotatable bonds is 3. The van der Waals surface area contributed by atoms with Crippen LogP contribution in [0.15, 0.2) is 30.5 Å². The Morgan fingerprint density at radius 2 is 2.27 bits per heavy atom. The summed E-state index contributed by atoms with van der Waals surface area (Å²) in [5.41, 5.74) is 6.59. The highest BCUT2D eigenvalue weighted by Crippen LogP contribution is 2.17. The molecule has 3 nitrogen and oxygen atoms in total. The summed E-state index contributed by atoms with van der Waals surface area (Å²) >= 11 is 1.80. The Balaban J connectivity index is 1.99. The van der Waals surface area contributed by atoms with Crippen LogP contribution in [0, 0.1) is 6.92 Å². The highest BCUT2D eigenvalue weighted by molar-refractivity contribution is 7.11. The second-order valence-corrected chi connectivity index (χ2v) is 4.71. The van der Waals surface area contributed by atoms with Gasteiger partial charge in [-0.3, -0.25) is 0 Å². The zero-order valence-corrected chi connectivity index (χ0v) is 9.34. The summed E-state index contributed by atoms with van der Waals surface area (Å²) in [6.07, 6.45) is 1.71. The van der Waals surface area contributed by atoms with Gasteiger partial charge in [-0.2, -0.15) is 0 Å². The van der Waals surface area contributed by atoms with Gasteiger partial charge in [-0.05, 0) is 25.1 Å². The Hall–Kier alpha value is -1.55. The summed E-state index contributed by atoms with van der Waals surface area (Å²) in [5, 5.41) is 3.31. The van der Waals surface area contributed by atoms with Gasteiger partial charge in [0.25, 0.3) is 0 Å². The number of hydrogen-bond donors (Lipinski definition) is 2. The Morgan fingerprint density at radius 3 is 2.93 bits per heavy atom. The first-order valence-corrected chi connectivity index (χ1v) is 5.56. The number of hydrogen-bond acceptors (Lipinski definition) is 4. The van der Waals surface area contributed by atoms with E-state index < -0.39 is 0 Å². The molecule has 3 N–H and O–H groups in total. The van der Waals surface area contributed by atoms with Crippen molar-refractivity contribution in [2.45, 2.75) is 13.5 Å². The average Bonchev–Trinajstić information content (AvgIpc) is 2.62. The van der Waals surface area contributed by atoms with Crippen molar-refractivity contribution in [2.75, 3.05) is 11.1 Å². The van der Waals surface area contributed by atoms with Crippen molar-refractivity contribution < 1.29 is 0 Å². The second kappa shape index (κ2) is 4.31. The number of aromatic nitrogens is 1. The molecule has 0 spiro atoms. The first kappa shape index (κ1) is 9.98. The van der Waals surface area contributed by atoms with Crippen molar-refractivity contribution in [3.8, 4) is 0 Å². The van der Waals surface area contributed by atoms with Crippen LogP contribution >= 0.6 is 11.3 Å². The predicted molar refractivity (Wildman–Crippen MR) is 65.0 cm³/mol. The van der Waals surface area contributed by atoms with Gasteiger partial charge in [0.1, 0.15) is 5.82 Å². The predicted octanol–water partition coefficient (Wildman–Crippen LogP) is 2.65. The molecule has 0 atom stereocenters. The fraction of sp³-hybridized carbons (Fsp3) is 0.182. The molecule has 2 aromatic heterocycles. The number of nitrogens with one attached hydrogen (secondary N) is 1. The third kappa shape index (κ3) is 2.70. The van der Waals surface area contributed by atoms with E-state index in [0.29, 0.717) is 5.82 Å². The topological polar surface area (TPSA) is 50.9 Å². The van der Waals surface area contributed by atoms with E-state index in [1.807, 2.05) is 12.1 Å². The van der Waals surface area contributed by atoms with Crippen molar-refractivity contribution in [2.24, 2.45) is 0 Å². The highest BCUT2D eigenvalue weighted by atomic mass is 32.1. The van der Waals surface area contributed by atoms with Gasteiger partial charge in [-0.15, -0.1) is 11.3 Å². The molecule has 0 fully saturated rings. The summed E-state index contributed by atoms with van der Waals surface area (Å²) in [6.45, 7) is 2.94. The lowest BCUT2D eigenvalue weighted by molar-refractivity contribution is 1.18. The minimum atomic E-state index is 0.544. The van der Waals surface area contributed by atoms with Crippen LogP contribution in [-0.2, 0) is 6.54 Å². The second-order valence-electron chi connectivity index (χ2n) is 3.34. The molecular weight excluding hydrogens is 206 g/mol. The van der Waals surface area contributed by atoms with Gasteiger partial charge < -0.3 is 11.1 Å². The maximum atomic E-state index is 5.58. The smallest absolute Gasteiger partial charge is 0.125 e. The monoisotopic (exact) mass is 219 g/mol. The van der Waals surface area contributed by atoms with Gasteiger partial charge in [0.05, 0.1) is 0 Å². The SMILES string of the molecule is Cc1ccc(CNc2ccnc(N)c2)s1. The van der Waals surface area contributed by atoms with Gasteiger partial charge in [0.2, 0.25) is 0 Å². The molecule has 0 aliphatic carbocycles. The largest absolute Gasteiger partial charge is 0.384 e. The molecule has 0 aliphatic heterocycles. The molecule has 0 saturated carbocycles. The zero-order valence-electron chi connectivity index (χ0n) is 8.53. The van der Waals surface area contributed by atoms with Gasteiger partial charge in [0, 0.05) is 34.2 Å². The van der Waals surface area contributed by atoms with E-state index in [1.165, 1.54) is 9.75 Å². The minimum absolute atomic E-state index is 0.544. The number of thiophene rings is 1. The van der Waals surface area contributed by atoms with E-state index in [4.69, 9.17) is 5.73 Å². The van der Waals surface area contributed by atoms with Gasteiger partial charge in [-0.25, -0.2) is 4.98 Å². The molecule has 0 bridgehead atoms. The number of anilines is 2. The molecule has 0 unspecified atom stereocenters. The van der Waals surface area contributed by atoms with Gasteiger partial charge >= 0.3 is 0 Å². The number of nitrogens with zero attached hydrogens (tertiary/aromatic N) is 1. The fourth-order valence-electron chi connectivity index (χ4n) is 1.33. The molecule has 0 aromatic carbocycles. The number of aryl methyl sites for hydroxylation is 1. The van der Waals surface area contributed by atoms with Crippen LogP contribution in [0.5, 0.6) is 0 Å². The lowest BCUT2D eigenvalue weighted by atomic mass is 10.3. The maximum absolute atomic E-state index is 5.58. The molecule has 78 valence electrons. The van der Waals surface area contributed by atoms with Crippen molar-refractivity contribution in [1.82, 2.24) is 4.98 Å². The van der Waals surface area contributed by atoms with Crippen molar-refractivity contribution in [3.05, 3.63) is 40.2 Å². The average molecular weight is 219 g/mol. The number of pyridine rings is 1. The summed E-state index contributed by atoms with van der Waals surface area (Å²) in [6, 6.07) is 8.01. The molecule has 2 aromatic rings. The number of nitrogen functional groups attached to an aromatic ring is 1. The van der Waals surface area contributed by atoms with E-state index in [-0.39, 0.29) is 0 Å². The maximum Gasteiger partial charge on any atom is 0.125 e. The van der Waals surface area contributed by atoms with Crippen molar-refractivity contribution in [3.63, 3.8) is 0 Å². The molecular formula is C11H13N3S. The quantitative estimate of drug-likeness (QED) is 0.834. The fourth-order valence-corrected chi connectivity index (χ4v) is 2.16. The Kier molecular flexibility index (Phi) is 2.87. The molecule has 0 radical (unpaired) electrons. The van der Waals surface area contributed by atoms with Crippen molar-refractivity contribution in [1.29, 1.82) is 0 Å². The third-order valence-electron chi connectivity index (χ3n) is 2.04. The molecule has 0 amide bonds. The van der Waals surface area contributed by atoms with Gasteiger partial charge in [0.15, 0.2) is 0 Å². The highest BCUT2D eigenvalue weighted by Gasteiger charge is 1.97. The van der Waals surface area contributed by atoms with Crippen LogP contribution in [0.3, 0.4) is 0 Å². The Morgan fingerprint density at radius 1 is 1.40 bits per heavy atom. The van der Waals surface area contributed by atoms with E-state index in [1.54, 1.807) is 17.5 Å². The van der Waals surface area contributed by atoms with Crippen LogP contribution in [0.25, 0.3) is 0 Å². The first-order chi connectivity index (χ1) is 7.24. The van der Waals surface area contributed by atoms with Crippen LogP contribution < -0.4 is 11.1 Å². The molecule has 2 heterocycles. The lowest BCUT2D eigenvalue weighted by Crippen LogP contribution is -1.98. The first-order valence-electron chi connectivity index (χ1n) is 4.75. The van der Waals surface area contributed by atoms with E-state index in [0.717, 1.165) is 12.2 Å². The summed E-state index contributed by atoms with van der Waals surface area (Å²) < 4.78 is 0. The number of nitrogens with two attached hydrogens (primary N) is 1. The Labute approximate surface area is 93.0 Å². The lowest BCUT2D eigenvalue weighted by Gasteiger charge is -2.04. The van der Waals surface area contributed by atoms with Crippen LogP contribution in [0.1, 0.15) is 9.75 Å². The molecule has 4 heteroatoms. The summed E-state index contributed by atoms with van der Waals surface area (Å²) in [7, 11) is 0. The molecule has 0 saturated heterocycles. The summed E-state index contributed by atoms with van der Waals surface area (Å²) in [5.74, 6) is 0.544. The third-order valence-corrected chi connectivity index (χ3v) is 3.04. The molecule has 15 heavy (non-hydrogen) atoms. The van der Waals surface area contributed by atoms with E-state index in [9.17, 15) is 0 Å². The van der Waals surface area contributed by atoms with E-state index >= 15 is 0 Å². The Bertz CT molecular complexity index is 451. The van der Waals surface area contributed by atoms with Gasteiger partial charge in [-0.1, -0.05) is 0 Å². The minimum Gasteiger partial charge on any atom is -0.384 e. The van der Waals surface area contributed by atoms with Crippen LogP contribution in [0.2, 0.25) is 0 Å². The van der Waals surface area contributed by atoms with Crippen LogP contribution in [0.4, 0.5) is 11.5 Å². The normalized spacial score (nSPS) is 10.2. The molecule has 0 aliphatic rings. The van der Waals surface area contributed by atoms with Crippen LogP contribution in [-0.4, -0.2) is 4.98 Å². The summed E-state index contributed by atoms with van der Waals surface area (Å²) in [4.78, 5) is 6.60. The zero-order chi connectivity index (χ0) is 10.7. The van der Waals surface area contributed by atoms with E-state index in [2.05, 4.69) is 29.4 Å². The molecule has 2 rings (SSSR count).